The molecule has 1 aliphatic heterocycles. The Bertz CT molecular complexity index is 1160. The first-order chi connectivity index (χ1) is 14.5. The van der Waals surface area contributed by atoms with Gasteiger partial charge in [-0.3, -0.25) is 9.36 Å². The van der Waals surface area contributed by atoms with Crippen LogP contribution in [0.3, 0.4) is 0 Å². The molecule has 7 nitrogen and oxygen atoms in total. The predicted octanol–water partition coefficient (Wildman–Crippen LogP) is 3.39. The lowest BCUT2D eigenvalue weighted by Crippen LogP contribution is -2.29. The van der Waals surface area contributed by atoms with Crippen LogP contribution >= 0.6 is 11.3 Å². The van der Waals surface area contributed by atoms with Gasteiger partial charge in [-0.15, -0.1) is 0 Å². The molecule has 0 radical (unpaired) electrons. The van der Waals surface area contributed by atoms with Gasteiger partial charge in [0.2, 0.25) is 0 Å². The Hall–Kier alpha value is -2.45. The van der Waals surface area contributed by atoms with Crippen molar-refractivity contribution in [2.24, 2.45) is 0 Å². The van der Waals surface area contributed by atoms with Gasteiger partial charge in [0.25, 0.3) is 5.56 Å². The van der Waals surface area contributed by atoms with Crippen molar-refractivity contribution in [1.29, 1.82) is 0 Å². The molecule has 158 valence electrons. The van der Waals surface area contributed by atoms with Crippen molar-refractivity contribution in [2.75, 3.05) is 20.8 Å². The second-order valence-electron chi connectivity index (χ2n) is 8.42. The Morgan fingerprint density at radius 1 is 1.27 bits per heavy atom. The average Bonchev–Trinajstić information content (AvgIpc) is 3.15. The van der Waals surface area contributed by atoms with Crippen molar-refractivity contribution < 1.29 is 9.47 Å². The summed E-state index contributed by atoms with van der Waals surface area (Å²) in [5, 5.41) is 4.44. The lowest BCUT2D eigenvalue weighted by Gasteiger charge is -2.18. The number of rotatable bonds is 6. The number of ether oxygens (including phenoxy) is 2. The van der Waals surface area contributed by atoms with E-state index in [1.807, 2.05) is 18.2 Å². The molecule has 0 amide bonds. The second kappa shape index (κ2) is 7.35. The van der Waals surface area contributed by atoms with Crippen LogP contribution in [-0.2, 0) is 12.0 Å². The molecule has 0 spiro atoms. The van der Waals surface area contributed by atoms with E-state index >= 15 is 0 Å². The molecule has 0 bridgehead atoms. The van der Waals surface area contributed by atoms with Crippen molar-refractivity contribution in [3.05, 3.63) is 44.9 Å². The molecule has 2 aliphatic rings. The van der Waals surface area contributed by atoms with Gasteiger partial charge in [0.05, 0.1) is 26.8 Å². The minimum Gasteiger partial charge on any atom is -0.497 e. The highest BCUT2D eigenvalue weighted by atomic mass is 32.1. The largest absolute Gasteiger partial charge is 0.497 e. The smallest absolute Gasteiger partial charge is 0.281 e. The van der Waals surface area contributed by atoms with Crippen LogP contribution in [0.1, 0.15) is 55.0 Å². The molecule has 1 saturated heterocycles. The zero-order chi connectivity index (χ0) is 20.9. The van der Waals surface area contributed by atoms with Gasteiger partial charge in [-0.05, 0) is 44.4 Å². The maximum Gasteiger partial charge on any atom is 0.281 e. The molecule has 3 heterocycles. The monoisotopic (exact) mass is 426 g/mol. The summed E-state index contributed by atoms with van der Waals surface area (Å²) in [4.78, 5) is 24.0. The van der Waals surface area contributed by atoms with E-state index in [1.54, 1.807) is 30.1 Å². The lowest BCUT2D eigenvalue weighted by atomic mass is 10.1. The third kappa shape index (κ3) is 3.28. The van der Waals surface area contributed by atoms with Gasteiger partial charge in [-0.1, -0.05) is 18.3 Å². The Kier molecular flexibility index (Phi) is 4.78. The minimum absolute atomic E-state index is 0.0528. The summed E-state index contributed by atoms with van der Waals surface area (Å²) in [6.45, 7) is 3.58. The number of hydrogen-bond acceptors (Lipinski definition) is 7. The highest BCUT2D eigenvalue weighted by Crippen LogP contribution is 2.47. The summed E-state index contributed by atoms with van der Waals surface area (Å²) in [5.74, 6) is 2.27. The van der Waals surface area contributed by atoms with Crippen LogP contribution in [0.15, 0.2) is 23.0 Å². The van der Waals surface area contributed by atoms with Crippen LogP contribution in [0.4, 0.5) is 0 Å². The van der Waals surface area contributed by atoms with Crippen LogP contribution in [0.2, 0.25) is 0 Å². The van der Waals surface area contributed by atoms with Crippen molar-refractivity contribution in [3.63, 3.8) is 0 Å². The Morgan fingerprint density at radius 2 is 2.10 bits per heavy atom. The van der Waals surface area contributed by atoms with E-state index in [2.05, 4.69) is 12.2 Å². The Labute approximate surface area is 179 Å². The predicted molar refractivity (Wildman–Crippen MR) is 117 cm³/mol. The van der Waals surface area contributed by atoms with Crippen LogP contribution < -0.4 is 20.3 Å². The molecule has 1 N–H and O–H groups in total. The Morgan fingerprint density at radius 3 is 2.77 bits per heavy atom. The molecule has 8 heteroatoms. The van der Waals surface area contributed by atoms with Gasteiger partial charge >= 0.3 is 0 Å². The number of thiazole rings is 1. The molecule has 2 aromatic heterocycles. The zero-order valence-corrected chi connectivity index (χ0v) is 18.3. The fraction of sp³-hybridized carbons (Fsp3) is 0.500. The number of methoxy groups -OCH3 is 2. The molecule has 1 atom stereocenters. The third-order valence-corrected chi connectivity index (χ3v) is 7.32. The first-order valence-corrected chi connectivity index (χ1v) is 11.2. The highest BCUT2D eigenvalue weighted by molar-refractivity contribution is 7.18. The maximum absolute atomic E-state index is 13.6. The van der Waals surface area contributed by atoms with Gasteiger partial charge < -0.3 is 14.8 Å². The van der Waals surface area contributed by atoms with Crippen molar-refractivity contribution in [3.8, 4) is 11.5 Å². The molecule has 1 aliphatic carbocycles. The van der Waals surface area contributed by atoms with Crippen molar-refractivity contribution in [2.45, 2.75) is 50.6 Å². The minimum atomic E-state index is -0.0681. The number of nitrogens with one attached hydrogen (secondary N) is 1. The molecule has 2 fully saturated rings. The van der Waals surface area contributed by atoms with Gasteiger partial charge in [0, 0.05) is 17.0 Å². The van der Waals surface area contributed by atoms with E-state index in [9.17, 15) is 4.79 Å². The first kappa shape index (κ1) is 19.5. The van der Waals surface area contributed by atoms with E-state index in [0.29, 0.717) is 17.8 Å². The summed E-state index contributed by atoms with van der Waals surface area (Å²) in [6.07, 6.45) is 4.28. The van der Waals surface area contributed by atoms with E-state index < -0.39 is 0 Å². The van der Waals surface area contributed by atoms with Gasteiger partial charge in [0.15, 0.2) is 10.3 Å². The standard InChI is InChI=1S/C22H26N4O3S/c1-22(8-9-22)21-25-19-17(24-18(30-19)15-5-4-10-23-15)20(27)26(21)12-13-6-7-14(28-2)11-16(13)29-3/h6-7,11,15,23H,4-5,8-10,12H2,1-3H3. The zero-order valence-electron chi connectivity index (χ0n) is 17.5. The SMILES string of the molecule is COc1ccc(Cn2c(C3(C)CC3)nc3sc(C4CCCN4)nc3c2=O)c(OC)c1. The highest BCUT2D eigenvalue weighted by Gasteiger charge is 2.43. The second-order valence-corrected chi connectivity index (χ2v) is 9.43. The normalized spacial score (nSPS) is 19.9. The summed E-state index contributed by atoms with van der Waals surface area (Å²) < 4.78 is 12.7. The fourth-order valence-corrected chi connectivity index (χ4v) is 5.18. The maximum atomic E-state index is 13.6. The van der Waals surface area contributed by atoms with Crippen molar-refractivity contribution in [1.82, 2.24) is 19.9 Å². The van der Waals surface area contributed by atoms with Gasteiger partial charge in [-0.25, -0.2) is 9.97 Å². The quantitative estimate of drug-likeness (QED) is 0.651. The van der Waals surface area contributed by atoms with Crippen LogP contribution in [0.5, 0.6) is 11.5 Å². The molecule has 1 saturated carbocycles. The number of fused-ring (bicyclic) bond motifs is 1. The number of hydrogen-bond donors (Lipinski definition) is 1. The number of aromatic nitrogens is 3. The Balaban J connectivity index is 1.63. The molecule has 30 heavy (non-hydrogen) atoms. The van der Waals surface area contributed by atoms with E-state index in [-0.39, 0.29) is 17.0 Å². The van der Waals surface area contributed by atoms with Crippen LogP contribution in [0, 0.1) is 0 Å². The van der Waals surface area contributed by atoms with Gasteiger partial charge in [0.1, 0.15) is 22.3 Å². The topological polar surface area (TPSA) is 78.3 Å². The van der Waals surface area contributed by atoms with Gasteiger partial charge in [-0.2, -0.15) is 0 Å². The van der Waals surface area contributed by atoms with Crippen LogP contribution in [-0.4, -0.2) is 35.3 Å². The van der Waals surface area contributed by atoms with Crippen LogP contribution in [0.25, 0.3) is 10.3 Å². The molecule has 1 unspecified atom stereocenters. The molecule has 5 rings (SSSR count). The number of benzene rings is 1. The summed E-state index contributed by atoms with van der Waals surface area (Å²) >= 11 is 1.56. The summed E-state index contributed by atoms with van der Waals surface area (Å²) in [7, 11) is 3.26. The number of nitrogens with zero attached hydrogens (tertiary/aromatic N) is 3. The molecule has 1 aromatic carbocycles. The molecular weight excluding hydrogens is 400 g/mol. The average molecular weight is 427 g/mol. The summed E-state index contributed by atoms with van der Waals surface area (Å²) in [5.41, 5.74) is 1.27. The molecular formula is C22H26N4O3S. The van der Waals surface area contributed by atoms with E-state index in [4.69, 9.17) is 19.4 Å². The van der Waals surface area contributed by atoms with Crippen molar-refractivity contribution >= 4 is 21.7 Å². The molecule has 3 aromatic rings. The third-order valence-electron chi connectivity index (χ3n) is 6.26. The first-order valence-electron chi connectivity index (χ1n) is 10.4. The summed E-state index contributed by atoms with van der Waals surface area (Å²) in [6, 6.07) is 5.92. The fourth-order valence-electron chi connectivity index (χ4n) is 4.14. The van der Waals surface area contributed by atoms with E-state index in [1.165, 1.54) is 0 Å². The van der Waals surface area contributed by atoms with E-state index in [0.717, 1.165) is 59.2 Å². The lowest BCUT2D eigenvalue weighted by molar-refractivity contribution is 0.389.